The summed E-state index contributed by atoms with van der Waals surface area (Å²) in [5, 5.41) is 17.3. The first-order valence-corrected chi connectivity index (χ1v) is 5.89. The third-order valence-corrected chi connectivity index (χ3v) is 3.45. The number of hydrogen-bond acceptors (Lipinski definition) is 3. The number of para-hydroxylation sites is 1. The van der Waals surface area contributed by atoms with Crippen LogP contribution in [0.15, 0.2) is 36.7 Å². The number of carbonyl (C=O) groups is 1. The molecule has 92 valence electrons. The maximum Gasteiger partial charge on any atom is 0.304 e. The standard InChI is InChI=1S/C13H13N3O2/c17-12(18)9-13(5-6-13)10-3-1-2-4-11(10)16-14-7-8-15-16/h1-4,7-8H,5-6,9H2,(H,17,18). The molecule has 1 aromatic carbocycles. The van der Waals surface area contributed by atoms with Gasteiger partial charge in [0.05, 0.1) is 24.5 Å². The molecule has 0 unspecified atom stereocenters. The number of hydrogen-bond donors (Lipinski definition) is 1. The van der Waals surface area contributed by atoms with Gasteiger partial charge in [-0.2, -0.15) is 15.0 Å². The highest BCUT2D eigenvalue weighted by atomic mass is 16.4. The molecule has 1 saturated carbocycles. The van der Waals surface area contributed by atoms with Crippen molar-refractivity contribution in [1.82, 2.24) is 15.0 Å². The number of carboxylic acids is 1. The number of nitrogens with zero attached hydrogens (tertiary/aromatic N) is 3. The monoisotopic (exact) mass is 243 g/mol. The van der Waals surface area contributed by atoms with E-state index in [4.69, 9.17) is 5.11 Å². The van der Waals surface area contributed by atoms with Crippen LogP contribution in [0.3, 0.4) is 0 Å². The molecule has 1 aliphatic carbocycles. The van der Waals surface area contributed by atoms with Gasteiger partial charge in [0.2, 0.25) is 0 Å². The molecule has 0 spiro atoms. The van der Waals surface area contributed by atoms with E-state index in [9.17, 15) is 4.79 Å². The Hall–Kier alpha value is -2.17. The Bertz CT molecular complexity index is 574. The zero-order valence-corrected chi connectivity index (χ0v) is 9.78. The molecular formula is C13H13N3O2. The largest absolute Gasteiger partial charge is 0.481 e. The van der Waals surface area contributed by atoms with Gasteiger partial charge < -0.3 is 5.11 Å². The summed E-state index contributed by atoms with van der Waals surface area (Å²) in [5.74, 6) is -0.754. The Balaban J connectivity index is 2.05. The molecule has 0 saturated heterocycles. The van der Waals surface area contributed by atoms with Crippen LogP contribution < -0.4 is 0 Å². The van der Waals surface area contributed by atoms with Crippen molar-refractivity contribution in [3.8, 4) is 5.69 Å². The first-order chi connectivity index (χ1) is 8.71. The van der Waals surface area contributed by atoms with E-state index in [0.717, 1.165) is 24.1 Å². The van der Waals surface area contributed by atoms with Crippen molar-refractivity contribution in [3.63, 3.8) is 0 Å². The van der Waals surface area contributed by atoms with Gasteiger partial charge in [-0.15, -0.1) is 0 Å². The summed E-state index contributed by atoms with van der Waals surface area (Å²) in [5.41, 5.74) is 1.68. The molecule has 0 radical (unpaired) electrons. The number of benzene rings is 1. The molecule has 0 atom stereocenters. The molecule has 0 aliphatic heterocycles. The van der Waals surface area contributed by atoms with Crippen LogP contribution in [0.2, 0.25) is 0 Å². The summed E-state index contributed by atoms with van der Waals surface area (Å²) < 4.78 is 0. The van der Waals surface area contributed by atoms with Gasteiger partial charge in [-0.25, -0.2) is 0 Å². The lowest BCUT2D eigenvalue weighted by Gasteiger charge is -2.16. The third kappa shape index (κ3) is 1.77. The van der Waals surface area contributed by atoms with Gasteiger partial charge in [0.15, 0.2) is 0 Å². The van der Waals surface area contributed by atoms with Crippen molar-refractivity contribution in [2.75, 3.05) is 0 Å². The van der Waals surface area contributed by atoms with Crippen molar-refractivity contribution in [3.05, 3.63) is 42.2 Å². The van der Waals surface area contributed by atoms with Crippen LogP contribution in [0.5, 0.6) is 0 Å². The van der Waals surface area contributed by atoms with E-state index in [2.05, 4.69) is 10.2 Å². The van der Waals surface area contributed by atoms with Crippen LogP contribution >= 0.6 is 0 Å². The number of aromatic nitrogens is 3. The fourth-order valence-corrected chi connectivity index (χ4v) is 2.42. The number of carboxylic acid groups (broad SMARTS) is 1. The van der Waals surface area contributed by atoms with Gasteiger partial charge in [-0.1, -0.05) is 18.2 Å². The first kappa shape index (κ1) is 11.0. The second-order valence-corrected chi connectivity index (χ2v) is 4.69. The van der Waals surface area contributed by atoms with Gasteiger partial charge in [0.25, 0.3) is 0 Å². The fourth-order valence-electron chi connectivity index (χ4n) is 2.42. The van der Waals surface area contributed by atoms with E-state index in [-0.39, 0.29) is 11.8 Å². The second kappa shape index (κ2) is 3.94. The molecular weight excluding hydrogens is 230 g/mol. The van der Waals surface area contributed by atoms with Gasteiger partial charge in [0.1, 0.15) is 0 Å². The van der Waals surface area contributed by atoms with E-state index in [1.54, 1.807) is 17.2 Å². The maximum absolute atomic E-state index is 11.0. The van der Waals surface area contributed by atoms with Gasteiger partial charge in [-0.05, 0) is 24.5 Å². The Labute approximate surface area is 104 Å². The van der Waals surface area contributed by atoms with Crippen molar-refractivity contribution >= 4 is 5.97 Å². The van der Waals surface area contributed by atoms with Crippen molar-refractivity contribution in [1.29, 1.82) is 0 Å². The minimum Gasteiger partial charge on any atom is -0.481 e. The molecule has 2 aromatic rings. The van der Waals surface area contributed by atoms with Crippen LogP contribution in [0, 0.1) is 0 Å². The molecule has 1 aliphatic rings. The molecule has 5 heteroatoms. The maximum atomic E-state index is 11.0. The SMILES string of the molecule is O=C(O)CC1(c2ccccc2-n2nccn2)CC1. The van der Waals surface area contributed by atoms with Crippen LogP contribution in [-0.4, -0.2) is 26.1 Å². The molecule has 1 aromatic heterocycles. The second-order valence-electron chi connectivity index (χ2n) is 4.69. The molecule has 0 bridgehead atoms. The Morgan fingerprint density at radius 3 is 2.56 bits per heavy atom. The zero-order chi connectivity index (χ0) is 12.6. The number of rotatable bonds is 4. The number of aliphatic carboxylic acids is 1. The van der Waals surface area contributed by atoms with Crippen LogP contribution in [0.25, 0.3) is 5.69 Å². The molecule has 0 amide bonds. The smallest absolute Gasteiger partial charge is 0.304 e. The molecule has 1 N–H and O–H groups in total. The molecule has 3 rings (SSSR count). The Kier molecular flexibility index (Phi) is 2.40. The minimum atomic E-state index is -0.754. The summed E-state index contributed by atoms with van der Waals surface area (Å²) >= 11 is 0. The van der Waals surface area contributed by atoms with Crippen LogP contribution in [0.4, 0.5) is 0 Å². The highest BCUT2D eigenvalue weighted by Gasteiger charge is 2.47. The summed E-state index contributed by atoms with van der Waals surface area (Å²) in [6, 6.07) is 7.76. The van der Waals surface area contributed by atoms with Gasteiger partial charge in [0, 0.05) is 5.41 Å². The third-order valence-electron chi connectivity index (χ3n) is 3.45. The van der Waals surface area contributed by atoms with E-state index in [1.165, 1.54) is 0 Å². The molecule has 5 nitrogen and oxygen atoms in total. The van der Waals surface area contributed by atoms with Crippen LogP contribution in [0.1, 0.15) is 24.8 Å². The summed E-state index contributed by atoms with van der Waals surface area (Å²) in [7, 11) is 0. The normalized spacial score (nSPS) is 16.4. The van der Waals surface area contributed by atoms with Crippen molar-refractivity contribution < 1.29 is 9.90 Å². The average Bonchev–Trinajstić information content (AvgIpc) is 2.93. The Morgan fingerprint density at radius 2 is 1.94 bits per heavy atom. The summed E-state index contributed by atoms with van der Waals surface area (Å²) in [6.45, 7) is 0. The van der Waals surface area contributed by atoms with Crippen molar-refractivity contribution in [2.24, 2.45) is 0 Å². The quantitative estimate of drug-likeness (QED) is 0.888. The summed E-state index contributed by atoms with van der Waals surface area (Å²) in [4.78, 5) is 12.5. The fraction of sp³-hybridized carbons (Fsp3) is 0.308. The van der Waals surface area contributed by atoms with E-state index in [1.807, 2.05) is 24.3 Å². The van der Waals surface area contributed by atoms with Gasteiger partial charge >= 0.3 is 5.97 Å². The highest BCUT2D eigenvalue weighted by Crippen LogP contribution is 2.52. The Morgan fingerprint density at radius 1 is 1.28 bits per heavy atom. The zero-order valence-electron chi connectivity index (χ0n) is 9.78. The molecule has 1 heterocycles. The van der Waals surface area contributed by atoms with Crippen molar-refractivity contribution in [2.45, 2.75) is 24.7 Å². The first-order valence-electron chi connectivity index (χ1n) is 5.89. The molecule has 18 heavy (non-hydrogen) atoms. The predicted molar refractivity (Wildman–Crippen MR) is 64.5 cm³/mol. The average molecular weight is 243 g/mol. The lowest BCUT2D eigenvalue weighted by atomic mass is 9.91. The lowest BCUT2D eigenvalue weighted by molar-refractivity contribution is -0.137. The van der Waals surface area contributed by atoms with E-state index in [0.29, 0.717) is 0 Å². The van der Waals surface area contributed by atoms with E-state index >= 15 is 0 Å². The van der Waals surface area contributed by atoms with E-state index < -0.39 is 5.97 Å². The summed E-state index contributed by atoms with van der Waals surface area (Å²) in [6.07, 6.45) is 5.24. The lowest BCUT2D eigenvalue weighted by Crippen LogP contribution is -2.16. The highest BCUT2D eigenvalue weighted by molar-refractivity contribution is 5.70. The topological polar surface area (TPSA) is 68.0 Å². The van der Waals surface area contributed by atoms with Crippen LogP contribution in [-0.2, 0) is 10.2 Å². The molecule has 1 fully saturated rings. The van der Waals surface area contributed by atoms with Gasteiger partial charge in [-0.3, -0.25) is 4.79 Å². The minimum absolute atomic E-state index is 0.172. The predicted octanol–water partition coefficient (Wildman–Crippen LogP) is 1.77.